The number of rotatable bonds is 3. The maximum absolute atomic E-state index is 5.55. The van der Waals surface area contributed by atoms with Crippen LogP contribution in [0.5, 0.6) is 0 Å². The lowest BCUT2D eigenvalue weighted by Gasteiger charge is -2.20. The summed E-state index contributed by atoms with van der Waals surface area (Å²) in [6.45, 7) is 3.05. The molecule has 0 aliphatic carbocycles. The van der Waals surface area contributed by atoms with Gasteiger partial charge in [0.05, 0.1) is 0 Å². The van der Waals surface area contributed by atoms with Crippen LogP contribution in [-0.4, -0.2) is 21.7 Å². The van der Waals surface area contributed by atoms with Crippen molar-refractivity contribution in [1.29, 1.82) is 0 Å². The Kier molecular flexibility index (Phi) is 3.38. The van der Waals surface area contributed by atoms with E-state index >= 15 is 0 Å². The van der Waals surface area contributed by atoms with E-state index in [1.807, 2.05) is 23.7 Å². The fourth-order valence-corrected chi connectivity index (χ4v) is 3.60. The average Bonchev–Trinajstić information content (AvgIpc) is 3.27. The number of aromatic nitrogens is 3. The number of thiazole rings is 1. The molecule has 0 amide bonds. The highest BCUT2D eigenvalue weighted by atomic mass is 32.1. The van der Waals surface area contributed by atoms with Crippen molar-refractivity contribution in [2.75, 3.05) is 11.4 Å². The highest BCUT2D eigenvalue weighted by Crippen LogP contribution is 2.36. The lowest BCUT2D eigenvalue weighted by atomic mass is 10.1. The van der Waals surface area contributed by atoms with Gasteiger partial charge in [-0.05, 0) is 25.8 Å². The molecule has 3 heterocycles. The molecule has 22 heavy (non-hydrogen) atoms. The number of hydrogen-bond acceptors (Lipinski definition) is 6. The molecule has 0 bridgehead atoms. The number of hydrogen-bond donors (Lipinski definition) is 0. The standard InChI is InChI=1S/C16H16N4OS/c1-11-4-2-5-12(10-11)14-18-15(21-19-14)13-6-3-8-20(13)16-17-7-9-22-16/h2,4-5,7,9-10,13H,3,6,8H2,1H3/t13-/m1/s1. The monoisotopic (exact) mass is 312 g/mol. The van der Waals surface area contributed by atoms with E-state index in [2.05, 4.69) is 39.1 Å². The van der Waals surface area contributed by atoms with Gasteiger partial charge in [-0.2, -0.15) is 4.98 Å². The van der Waals surface area contributed by atoms with Crippen molar-refractivity contribution in [2.24, 2.45) is 0 Å². The summed E-state index contributed by atoms with van der Waals surface area (Å²) in [6, 6.07) is 8.29. The molecule has 112 valence electrons. The Morgan fingerprint density at radius 1 is 1.36 bits per heavy atom. The summed E-state index contributed by atoms with van der Waals surface area (Å²) in [5.41, 5.74) is 2.18. The molecule has 0 saturated carbocycles. The molecule has 1 fully saturated rings. The van der Waals surface area contributed by atoms with Crippen molar-refractivity contribution in [3.8, 4) is 11.4 Å². The minimum Gasteiger partial charge on any atom is -0.337 e. The van der Waals surface area contributed by atoms with Gasteiger partial charge in [-0.1, -0.05) is 28.9 Å². The average molecular weight is 312 g/mol. The molecule has 5 nitrogen and oxygen atoms in total. The highest BCUT2D eigenvalue weighted by Gasteiger charge is 2.32. The first-order chi connectivity index (χ1) is 10.8. The zero-order chi connectivity index (χ0) is 14.9. The Hall–Kier alpha value is -2.21. The summed E-state index contributed by atoms with van der Waals surface area (Å²) >= 11 is 1.65. The van der Waals surface area contributed by atoms with Crippen LogP contribution in [0.4, 0.5) is 5.13 Å². The molecule has 4 rings (SSSR count). The highest BCUT2D eigenvalue weighted by molar-refractivity contribution is 7.13. The zero-order valence-electron chi connectivity index (χ0n) is 12.3. The summed E-state index contributed by atoms with van der Waals surface area (Å²) in [7, 11) is 0. The van der Waals surface area contributed by atoms with Gasteiger partial charge in [0.15, 0.2) is 5.13 Å². The lowest BCUT2D eigenvalue weighted by molar-refractivity contribution is 0.355. The van der Waals surface area contributed by atoms with Gasteiger partial charge in [0, 0.05) is 23.7 Å². The summed E-state index contributed by atoms with van der Waals surface area (Å²) in [5, 5.41) is 7.18. The lowest BCUT2D eigenvalue weighted by Crippen LogP contribution is -2.22. The summed E-state index contributed by atoms with van der Waals surface area (Å²) in [6.07, 6.45) is 3.98. The van der Waals surface area contributed by atoms with Crippen molar-refractivity contribution in [3.05, 3.63) is 47.3 Å². The van der Waals surface area contributed by atoms with Crippen LogP contribution < -0.4 is 4.90 Å². The molecular weight excluding hydrogens is 296 g/mol. The van der Waals surface area contributed by atoms with E-state index in [0.29, 0.717) is 11.7 Å². The van der Waals surface area contributed by atoms with Gasteiger partial charge in [-0.3, -0.25) is 0 Å². The second-order valence-electron chi connectivity index (χ2n) is 5.49. The first-order valence-electron chi connectivity index (χ1n) is 7.38. The molecule has 1 saturated heterocycles. The normalized spacial score (nSPS) is 18.0. The van der Waals surface area contributed by atoms with Crippen LogP contribution in [0.2, 0.25) is 0 Å². The summed E-state index contributed by atoms with van der Waals surface area (Å²) in [4.78, 5) is 11.3. The molecule has 3 aromatic rings. The molecule has 1 aromatic carbocycles. The molecule has 1 aliphatic rings. The van der Waals surface area contributed by atoms with Crippen LogP contribution in [0.3, 0.4) is 0 Å². The van der Waals surface area contributed by atoms with Crippen LogP contribution in [0.15, 0.2) is 40.4 Å². The number of anilines is 1. The smallest absolute Gasteiger partial charge is 0.249 e. The van der Waals surface area contributed by atoms with Gasteiger partial charge >= 0.3 is 0 Å². The fraction of sp³-hybridized carbons (Fsp3) is 0.312. The van der Waals surface area contributed by atoms with Gasteiger partial charge in [-0.15, -0.1) is 11.3 Å². The van der Waals surface area contributed by atoms with E-state index < -0.39 is 0 Å². The third-order valence-corrected chi connectivity index (χ3v) is 4.73. The second-order valence-corrected chi connectivity index (χ2v) is 6.36. The van der Waals surface area contributed by atoms with Crippen LogP contribution in [0.25, 0.3) is 11.4 Å². The molecule has 1 atom stereocenters. The third kappa shape index (κ3) is 2.39. The van der Waals surface area contributed by atoms with E-state index in [0.717, 1.165) is 30.1 Å². The van der Waals surface area contributed by atoms with Gasteiger partial charge in [-0.25, -0.2) is 4.98 Å². The molecular formula is C16H16N4OS. The van der Waals surface area contributed by atoms with Crippen molar-refractivity contribution in [2.45, 2.75) is 25.8 Å². The zero-order valence-corrected chi connectivity index (χ0v) is 13.1. The SMILES string of the molecule is Cc1cccc(-c2noc([C@H]3CCCN3c3nccs3)n2)c1. The summed E-state index contributed by atoms with van der Waals surface area (Å²) < 4.78 is 5.55. The van der Waals surface area contributed by atoms with Crippen molar-refractivity contribution < 1.29 is 4.52 Å². The van der Waals surface area contributed by atoms with Crippen molar-refractivity contribution in [3.63, 3.8) is 0 Å². The molecule has 0 unspecified atom stereocenters. The first-order valence-corrected chi connectivity index (χ1v) is 8.26. The number of aryl methyl sites for hydroxylation is 1. The van der Waals surface area contributed by atoms with Crippen molar-refractivity contribution >= 4 is 16.5 Å². The molecule has 0 radical (unpaired) electrons. The number of nitrogens with zero attached hydrogens (tertiary/aromatic N) is 4. The van der Waals surface area contributed by atoms with Crippen LogP contribution >= 0.6 is 11.3 Å². The Bertz CT molecular complexity index is 768. The molecule has 0 spiro atoms. The molecule has 6 heteroatoms. The van der Waals surface area contributed by atoms with Gasteiger partial charge in [0.2, 0.25) is 11.7 Å². The van der Waals surface area contributed by atoms with E-state index in [9.17, 15) is 0 Å². The van der Waals surface area contributed by atoms with Crippen LogP contribution in [0.1, 0.15) is 30.3 Å². The van der Waals surface area contributed by atoms with Crippen LogP contribution in [0, 0.1) is 6.92 Å². The fourth-order valence-electron chi connectivity index (χ4n) is 2.88. The van der Waals surface area contributed by atoms with Gasteiger partial charge in [0.25, 0.3) is 0 Å². The topological polar surface area (TPSA) is 55.1 Å². The van der Waals surface area contributed by atoms with Gasteiger partial charge in [0.1, 0.15) is 6.04 Å². The van der Waals surface area contributed by atoms with E-state index in [4.69, 9.17) is 4.52 Å². The Morgan fingerprint density at radius 2 is 2.32 bits per heavy atom. The van der Waals surface area contributed by atoms with E-state index in [1.165, 1.54) is 5.56 Å². The summed E-state index contributed by atoms with van der Waals surface area (Å²) in [5.74, 6) is 1.34. The predicted octanol–water partition coefficient (Wildman–Crippen LogP) is 3.84. The largest absolute Gasteiger partial charge is 0.337 e. The van der Waals surface area contributed by atoms with Crippen molar-refractivity contribution in [1.82, 2.24) is 15.1 Å². The number of benzene rings is 1. The maximum atomic E-state index is 5.55. The van der Waals surface area contributed by atoms with Crippen LogP contribution in [-0.2, 0) is 0 Å². The Labute approximate surface area is 132 Å². The second kappa shape index (κ2) is 5.53. The minimum absolute atomic E-state index is 0.136. The van der Waals surface area contributed by atoms with E-state index in [-0.39, 0.29) is 6.04 Å². The molecule has 0 N–H and O–H groups in total. The molecule has 2 aromatic heterocycles. The predicted molar refractivity (Wildman–Crippen MR) is 85.9 cm³/mol. The van der Waals surface area contributed by atoms with E-state index in [1.54, 1.807) is 11.3 Å². The van der Waals surface area contributed by atoms with Gasteiger partial charge < -0.3 is 9.42 Å². The maximum Gasteiger partial charge on any atom is 0.249 e. The quantitative estimate of drug-likeness (QED) is 0.735. The third-order valence-electron chi connectivity index (χ3n) is 3.92. The minimum atomic E-state index is 0.136. The Morgan fingerprint density at radius 3 is 3.14 bits per heavy atom. The Balaban J connectivity index is 1.64. The molecule has 1 aliphatic heterocycles. The first kappa shape index (κ1) is 13.5.